The van der Waals surface area contributed by atoms with E-state index in [2.05, 4.69) is 5.32 Å². The number of hydrogen-bond acceptors (Lipinski definition) is 5. The van der Waals surface area contributed by atoms with Gasteiger partial charge in [-0.2, -0.15) is 0 Å². The van der Waals surface area contributed by atoms with Crippen LogP contribution in [-0.4, -0.2) is 48.2 Å². The Morgan fingerprint density at radius 2 is 1.50 bits per heavy atom. The zero-order valence-corrected chi connectivity index (χ0v) is 19.6. The number of anilines is 1. The number of ether oxygens (including phenoxy) is 1. The summed E-state index contributed by atoms with van der Waals surface area (Å²) in [6.45, 7) is 5.81. The minimum atomic E-state index is -0.535. The highest BCUT2D eigenvalue weighted by Crippen LogP contribution is 2.21. The minimum Gasteiger partial charge on any atom is -0.457 e. The third kappa shape index (κ3) is 6.50. The molecule has 0 aliphatic carbocycles. The molecule has 0 bridgehead atoms. The number of halogens is 1. The minimum absolute atomic E-state index is 0.133. The van der Waals surface area contributed by atoms with E-state index in [1.54, 1.807) is 29.2 Å². The highest BCUT2D eigenvalue weighted by Gasteiger charge is 2.29. The predicted octanol–water partition coefficient (Wildman–Crippen LogP) is 4.09. The summed E-state index contributed by atoms with van der Waals surface area (Å²) >= 11 is 0. The summed E-state index contributed by atoms with van der Waals surface area (Å²) in [6.07, 6.45) is 0.865. The third-order valence-corrected chi connectivity index (χ3v) is 5.70. The van der Waals surface area contributed by atoms with Crippen molar-refractivity contribution in [1.82, 2.24) is 4.90 Å². The Bertz CT molecular complexity index is 1050. The van der Waals surface area contributed by atoms with E-state index in [1.807, 2.05) is 20.8 Å². The van der Waals surface area contributed by atoms with E-state index in [4.69, 9.17) is 4.74 Å². The Morgan fingerprint density at radius 3 is 2.06 bits per heavy atom. The van der Waals surface area contributed by atoms with Gasteiger partial charge in [0.25, 0.3) is 5.91 Å². The highest BCUT2D eigenvalue weighted by atomic mass is 19.1. The summed E-state index contributed by atoms with van der Waals surface area (Å²) in [5, 5.41) is 2.79. The van der Waals surface area contributed by atoms with Gasteiger partial charge in [-0.05, 0) is 61.4 Å². The van der Waals surface area contributed by atoms with Crippen LogP contribution < -0.4 is 5.32 Å². The first-order valence-corrected chi connectivity index (χ1v) is 11.2. The van der Waals surface area contributed by atoms with Gasteiger partial charge in [-0.25, -0.2) is 4.39 Å². The second-order valence-electron chi connectivity index (χ2n) is 9.39. The van der Waals surface area contributed by atoms with Crippen LogP contribution in [0.3, 0.4) is 0 Å². The van der Waals surface area contributed by atoms with E-state index in [9.17, 15) is 23.6 Å². The number of amides is 2. The number of carbonyl (C=O) groups is 4. The van der Waals surface area contributed by atoms with Crippen molar-refractivity contribution in [2.45, 2.75) is 33.6 Å². The number of nitrogens with zero attached hydrogens (tertiary/aromatic N) is 1. The molecular formula is C26H29FN2O5. The van der Waals surface area contributed by atoms with Crippen LogP contribution in [0.5, 0.6) is 0 Å². The number of Topliss-reactive ketones (excluding diaryl/α,β-unsaturated/α-hetero) is 1. The Balaban J connectivity index is 1.45. The molecule has 180 valence electrons. The normalized spacial score (nSPS) is 14.4. The van der Waals surface area contributed by atoms with Gasteiger partial charge in [0.15, 0.2) is 12.4 Å². The van der Waals surface area contributed by atoms with Gasteiger partial charge in [0.1, 0.15) is 5.82 Å². The summed E-state index contributed by atoms with van der Waals surface area (Å²) in [5.74, 6) is -1.94. The van der Waals surface area contributed by atoms with Gasteiger partial charge in [0, 0.05) is 35.3 Å². The fourth-order valence-electron chi connectivity index (χ4n) is 3.49. The van der Waals surface area contributed by atoms with Crippen LogP contribution in [0.15, 0.2) is 48.5 Å². The summed E-state index contributed by atoms with van der Waals surface area (Å²) < 4.78 is 18.3. The average Bonchev–Trinajstić information content (AvgIpc) is 2.82. The van der Waals surface area contributed by atoms with Gasteiger partial charge in [-0.3, -0.25) is 19.2 Å². The number of likely N-dealkylation sites (tertiary alicyclic amines) is 1. The van der Waals surface area contributed by atoms with Crippen LogP contribution in [0, 0.1) is 17.2 Å². The van der Waals surface area contributed by atoms with E-state index >= 15 is 0 Å². The third-order valence-electron chi connectivity index (χ3n) is 5.70. The summed E-state index contributed by atoms with van der Waals surface area (Å²) in [5.41, 5.74) is 0.821. The number of carbonyl (C=O) groups excluding carboxylic acids is 4. The number of nitrogens with one attached hydrogen (secondary N) is 1. The first kappa shape index (κ1) is 25.1. The fourth-order valence-corrected chi connectivity index (χ4v) is 3.49. The van der Waals surface area contributed by atoms with E-state index < -0.39 is 17.2 Å². The smallest absolute Gasteiger partial charge is 0.309 e. The predicted molar refractivity (Wildman–Crippen MR) is 125 cm³/mol. The van der Waals surface area contributed by atoms with E-state index in [-0.39, 0.29) is 30.1 Å². The molecule has 7 nitrogen and oxygen atoms in total. The topological polar surface area (TPSA) is 92.8 Å². The van der Waals surface area contributed by atoms with Gasteiger partial charge in [-0.1, -0.05) is 20.8 Å². The molecule has 34 heavy (non-hydrogen) atoms. The fraction of sp³-hybridized carbons (Fsp3) is 0.385. The lowest BCUT2D eigenvalue weighted by molar-refractivity contribution is -0.148. The molecule has 3 rings (SSSR count). The van der Waals surface area contributed by atoms with Crippen molar-refractivity contribution < 1.29 is 28.3 Å². The number of piperidine rings is 1. The molecule has 0 unspecified atom stereocenters. The molecule has 2 amide bonds. The standard InChI is InChI=1S/C26H29FN2O5/c1-26(2,3)25(33)28-21-10-6-17(7-11-21)22(30)16-34-24(32)19-12-14-29(15-13-19)23(31)18-4-8-20(27)9-5-18/h4-11,19H,12-16H2,1-3H3,(H,28,33). The maximum absolute atomic E-state index is 13.1. The summed E-state index contributed by atoms with van der Waals surface area (Å²) in [4.78, 5) is 51.0. The molecule has 0 atom stereocenters. The zero-order chi connectivity index (χ0) is 24.9. The van der Waals surface area contributed by atoms with Crippen molar-refractivity contribution in [3.8, 4) is 0 Å². The molecule has 1 aliphatic heterocycles. The Hall–Kier alpha value is -3.55. The lowest BCUT2D eigenvalue weighted by atomic mass is 9.95. The molecule has 1 aliphatic rings. The summed E-state index contributed by atoms with van der Waals surface area (Å²) in [7, 11) is 0. The number of rotatable bonds is 6. The van der Waals surface area contributed by atoms with Crippen LogP contribution >= 0.6 is 0 Å². The lowest BCUT2D eigenvalue weighted by Crippen LogP contribution is -2.40. The SMILES string of the molecule is CC(C)(C)C(=O)Nc1ccc(C(=O)COC(=O)C2CCN(C(=O)c3ccc(F)cc3)CC2)cc1. The molecule has 0 radical (unpaired) electrons. The molecule has 8 heteroatoms. The average molecular weight is 469 g/mol. The molecule has 1 heterocycles. The van der Waals surface area contributed by atoms with Crippen LogP contribution in [0.25, 0.3) is 0 Å². The number of benzene rings is 2. The molecule has 1 N–H and O–H groups in total. The van der Waals surface area contributed by atoms with Crippen molar-refractivity contribution >= 4 is 29.3 Å². The molecule has 0 spiro atoms. The zero-order valence-electron chi connectivity index (χ0n) is 19.6. The van der Waals surface area contributed by atoms with Gasteiger partial charge in [0.2, 0.25) is 5.91 Å². The maximum atomic E-state index is 13.1. The van der Waals surface area contributed by atoms with Gasteiger partial charge in [0.05, 0.1) is 5.92 Å². The lowest BCUT2D eigenvalue weighted by Gasteiger charge is -2.31. The highest BCUT2D eigenvalue weighted by molar-refractivity contribution is 5.99. The van der Waals surface area contributed by atoms with Crippen LogP contribution in [0.4, 0.5) is 10.1 Å². The van der Waals surface area contributed by atoms with Crippen LogP contribution in [0.1, 0.15) is 54.3 Å². The molecule has 2 aromatic rings. The van der Waals surface area contributed by atoms with Gasteiger partial charge >= 0.3 is 5.97 Å². The quantitative estimate of drug-likeness (QED) is 0.509. The molecule has 2 aromatic carbocycles. The Labute approximate surface area is 198 Å². The number of esters is 1. The monoisotopic (exact) mass is 468 g/mol. The second kappa shape index (κ2) is 10.6. The number of hydrogen-bond donors (Lipinski definition) is 1. The van der Waals surface area contributed by atoms with E-state index in [1.165, 1.54) is 24.3 Å². The van der Waals surface area contributed by atoms with Crippen molar-refractivity contribution in [3.05, 3.63) is 65.5 Å². The number of ketones is 1. The van der Waals surface area contributed by atoms with Crippen molar-refractivity contribution in [3.63, 3.8) is 0 Å². The first-order valence-electron chi connectivity index (χ1n) is 11.2. The second-order valence-corrected chi connectivity index (χ2v) is 9.39. The van der Waals surface area contributed by atoms with Gasteiger partial charge < -0.3 is 15.0 Å². The van der Waals surface area contributed by atoms with E-state index in [0.717, 1.165) is 0 Å². The van der Waals surface area contributed by atoms with Crippen molar-refractivity contribution in [2.24, 2.45) is 11.3 Å². The Kier molecular flexibility index (Phi) is 7.81. The van der Waals surface area contributed by atoms with Crippen molar-refractivity contribution in [1.29, 1.82) is 0 Å². The maximum Gasteiger partial charge on any atom is 0.309 e. The molecule has 1 fully saturated rings. The molecule has 1 saturated heterocycles. The Morgan fingerprint density at radius 1 is 0.941 bits per heavy atom. The molecule has 0 saturated carbocycles. The first-order chi connectivity index (χ1) is 16.0. The van der Waals surface area contributed by atoms with Gasteiger partial charge in [-0.15, -0.1) is 0 Å². The molecule has 0 aromatic heterocycles. The van der Waals surface area contributed by atoms with Crippen LogP contribution in [0.2, 0.25) is 0 Å². The van der Waals surface area contributed by atoms with Crippen molar-refractivity contribution in [2.75, 3.05) is 25.0 Å². The largest absolute Gasteiger partial charge is 0.457 e. The molecular weight excluding hydrogens is 439 g/mol. The summed E-state index contributed by atoms with van der Waals surface area (Å²) in [6, 6.07) is 11.8. The van der Waals surface area contributed by atoms with Crippen LogP contribution in [-0.2, 0) is 14.3 Å². The van der Waals surface area contributed by atoms with E-state index in [0.29, 0.717) is 42.7 Å².